The van der Waals surface area contributed by atoms with Crippen molar-refractivity contribution in [3.8, 4) is 6.07 Å². The van der Waals surface area contributed by atoms with Crippen LogP contribution in [0, 0.1) is 11.3 Å². The third-order valence-corrected chi connectivity index (χ3v) is 3.51. The molecule has 0 spiro atoms. The van der Waals surface area contributed by atoms with Gasteiger partial charge in [-0.15, -0.1) is 0 Å². The highest BCUT2D eigenvalue weighted by Gasteiger charge is 2.17. The van der Waals surface area contributed by atoms with Gasteiger partial charge >= 0.3 is 0 Å². The van der Waals surface area contributed by atoms with Crippen molar-refractivity contribution in [2.45, 2.75) is 4.90 Å². The molecule has 0 aliphatic carbocycles. The molecule has 1 rings (SSSR count). The van der Waals surface area contributed by atoms with Gasteiger partial charge in [-0.3, -0.25) is 0 Å². The number of benzene rings is 1. The first-order valence-corrected chi connectivity index (χ1v) is 6.17. The van der Waals surface area contributed by atoms with E-state index in [-0.39, 0.29) is 28.6 Å². The van der Waals surface area contributed by atoms with Gasteiger partial charge in [0.25, 0.3) is 0 Å². The topological polar surface area (TPSA) is 90.2 Å². The number of nitrogens with zero attached hydrogens (tertiary/aromatic N) is 1. The smallest absolute Gasteiger partial charge is 0.241 e. The second kappa shape index (κ2) is 5.27. The number of hydrogen-bond acceptors (Lipinski definition) is 4. The first kappa shape index (κ1) is 12.9. The second-order valence-corrected chi connectivity index (χ2v) is 5.05. The highest BCUT2D eigenvalue weighted by molar-refractivity contribution is 7.89. The summed E-state index contributed by atoms with van der Waals surface area (Å²) in [6.45, 7) is -0.412. The number of nitriles is 1. The Hall–Kier alpha value is -1.13. The Morgan fingerprint density at radius 1 is 1.50 bits per heavy atom. The first-order valence-electron chi connectivity index (χ1n) is 4.31. The van der Waals surface area contributed by atoms with Gasteiger partial charge < -0.3 is 5.11 Å². The van der Waals surface area contributed by atoms with Gasteiger partial charge in [0.1, 0.15) is 6.07 Å². The Balaban J connectivity index is 3.19. The molecule has 0 fully saturated rings. The molecular formula is C9H9ClN2O3S. The van der Waals surface area contributed by atoms with E-state index in [0.29, 0.717) is 0 Å². The van der Waals surface area contributed by atoms with Crippen molar-refractivity contribution in [3.63, 3.8) is 0 Å². The number of aliphatic hydroxyl groups is 1. The molecule has 86 valence electrons. The summed E-state index contributed by atoms with van der Waals surface area (Å²) in [6.07, 6.45) is 0. The van der Waals surface area contributed by atoms with Gasteiger partial charge in [-0.1, -0.05) is 11.6 Å². The summed E-state index contributed by atoms with van der Waals surface area (Å²) in [4.78, 5) is -0.146. The maximum atomic E-state index is 11.7. The van der Waals surface area contributed by atoms with E-state index >= 15 is 0 Å². The van der Waals surface area contributed by atoms with E-state index in [2.05, 4.69) is 4.72 Å². The molecule has 1 aromatic carbocycles. The molecule has 0 bridgehead atoms. The van der Waals surface area contributed by atoms with Crippen LogP contribution in [-0.2, 0) is 10.0 Å². The molecule has 0 aromatic heterocycles. The second-order valence-electron chi connectivity index (χ2n) is 2.87. The Kier molecular flexibility index (Phi) is 4.26. The number of hydrogen-bond donors (Lipinski definition) is 2. The van der Waals surface area contributed by atoms with Gasteiger partial charge in [-0.25, -0.2) is 13.1 Å². The van der Waals surface area contributed by atoms with Crippen LogP contribution in [0.5, 0.6) is 0 Å². The summed E-state index contributed by atoms with van der Waals surface area (Å²) in [7, 11) is -3.77. The van der Waals surface area contributed by atoms with E-state index < -0.39 is 10.0 Å². The first-order chi connectivity index (χ1) is 7.51. The third kappa shape index (κ3) is 2.93. The van der Waals surface area contributed by atoms with Crippen LogP contribution >= 0.6 is 11.6 Å². The van der Waals surface area contributed by atoms with Crippen molar-refractivity contribution in [2.24, 2.45) is 0 Å². The minimum atomic E-state index is -3.77. The Labute approximate surface area is 98.3 Å². The molecular weight excluding hydrogens is 252 g/mol. The lowest BCUT2D eigenvalue weighted by molar-refractivity contribution is 0.301. The molecule has 0 amide bonds. The van der Waals surface area contributed by atoms with Crippen LogP contribution in [0.3, 0.4) is 0 Å². The van der Waals surface area contributed by atoms with Gasteiger partial charge in [0.05, 0.1) is 17.1 Å². The van der Waals surface area contributed by atoms with Crippen LogP contribution in [-0.4, -0.2) is 26.7 Å². The largest absolute Gasteiger partial charge is 0.395 e. The lowest BCUT2D eigenvalue weighted by atomic mass is 10.2. The van der Waals surface area contributed by atoms with Crippen molar-refractivity contribution >= 4 is 21.6 Å². The molecule has 7 heteroatoms. The molecule has 5 nitrogen and oxygen atoms in total. The van der Waals surface area contributed by atoms with Crippen molar-refractivity contribution in [1.29, 1.82) is 5.26 Å². The zero-order chi connectivity index (χ0) is 12.2. The van der Waals surface area contributed by atoms with Crippen molar-refractivity contribution in [2.75, 3.05) is 13.2 Å². The molecule has 16 heavy (non-hydrogen) atoms. The van der Waals surface area contributed by atoms with E-state index in [0.717, 1.165) is 0 Å². The summed E-state index contributed by atoms with van der Waals surface area (Å²) >= 11 is 5.64. The van der Waals surface area contributed by atoms with Crippen LogP contribution in [0.1, 0.15) is 5.56 Å². The average Bonchev–Trinajstić information content (AvgIpc) is 2.26. The summed E-state index contributed by atoms with van der Waals surface area (Å²) in [5.74, 6) is 0. The van der Waals surface area contributed by atoms with Crippen molar-refractivity contribution in [1.82, 2.24) is 4.72 Å². The van der Waals surface area contributed by atoms with E-state index in [1.54, 1.807) is 6.07 Å². The third-order valence-electron chi connectivity index (χ3n) is 1.76. The van der Waals surface area contributed by atoms with Gasteiger partial charge in [0.2, 0.25) is 10.0 Å². The molecule has 1 aromatic rings. The minimum Gasteiger partial charge on any atom is -0.395 e. The number of rotatable bonds is 4. The van der Waals surface area contributed by atoms with Crippen LogP contribution in [0.25, 0.3) is 0 Å². The molecule has 0 unspecified atom stereocenters. The molecule has 0 heterocycles. The molecule has 0 saturated carbocycles. The summed E-state index contributed by atoms with van der Waals surface area (Å²) in [5.41, 5.74) is -0.0297. The molecule has 0 saturated heterocycles. The van der Waals surface area contributed by atoms with Crippen LogP contribution in [0.15, 0.2) is 23.1 Å². The highest BCUT2D eigenvalue weighted by Crippen LogP contribution is 2.19. The number of sulfonamides is 1. The normalized spacial score (nSPS) is 11.1. The predicted molar refractivity (Wildman–Crippen MR) is 58.4 cm³/mol. The zero-order valence-electron chi connectivity index (χ0n) is 8.14. The fourth-order valence-electron chi connectivity index (χ4n) is 1.08. The Morgan fingerprint density at radius 3 is 2.75 bits per heavy atom. The summed E-state index contributed by atoms with van der Waals surface area (Å²) < 4.78 is 25.5. The Morgan fingerprint density at radius 2 is 2.19 bits per heavy atom. The van der Waals surface area contributed by atoms with E-state index in [1.807, 2.05) is 0 Å². The molecule has 0 aliphatic rings. The van der Waals surface area contributed by atoms with Crippen LogP contribution < -0.4 is 4.72 Å². The lowest BCUT2D eigenvalue weighted by Gasteiger charge is -2.06. The molecule has 2 N–H and O–H groups in total. The van der Waals surface area contributed by atoms with Crippen LogP contribution in [0.2, 0.25) is 5.02 Å². The van der Waals surface area contributed by atoms with Crippen LogP contribution in [0.4, 0.5) is 0 Å². The summed E-state index contributed by atoms with van der Waals surface area (Å²) in [5, 5.41) is 17.6. The molecule has 0 radical (unpaired) electrons. The fourth-order valence-corrected chi connectivity index (χ4v) is 2.41. The monoisotopic (exact) mass is 260 g/mol. The highest BCUT2D eigenvalue weighted by atomic mass is 35.5. The number of nitrogens with one attached hydrogen (secondary N) is 1. The standard InChI is InChI=1S/C9H9ClN2O3S/c10-8-1-2-9(7(5-8)6-11)16(14,15)12-3-4-13/h1-2,5,12-13H,3-4H2. The van der Waals surface area contributed by atoms with E-state index in [1.165, 1.54) is 18.2 Å². The average molecular weight is 261 g/mol. The van der Waals surface area contributed by atoms with Crippen molar-refractivity contribution in [3.05, 3.63) is 28.8 Å². The van der Waals surface area contributed by atoms with E-state index in [4.69, 9.17) is 22.0 Å². The Bertz CT molecular complexity index is 522. The number of halogens is 1. The van der Waals surface area contributed by atoms with Gasteiger partial charge in [-0.05, 0) is 18.2 Å². The van der Waals surface area contributed by atoms with E-state index in [9.17, 15) is 8.42 Å². The zero-order valence-corrected chi connectivity index (χ0v) is 9.72. The van der Waals surface area contributed by atoms with Gasteiger partial charge in [-0.2, -0.15) is 5.26 Å². The van der Waals surface area contributed by atoms with Gasteiger partial charge in [0, 0.05) is 11.6 Å². The molecule has 0 aliphatic heterocycles. The number of aliphatic hydroxyl groups excluding tert-OH is 1. The minimum absolute atomic E-state index is 0.0297. The maximum Gasteiger partial charge on any atom is 0.241 e. The van der Waals surface area contributed by atoms with Gasteiger partial charge in [0.15, 0.2) is 0 Å². The quantitative estimate of drug-likeness (QED) is 0.824. The molecule has 0 atom stereocenters. The lowest BCUT2D eigenvalue weighted by Crippen LogP contribution is -2.27. The SMILES string of the molecule is N#Cc1cc(Cl)ccc1S(=O)(=O)NCCO. The predicted octanol–water partition coefficient (Wildman–Crippen LogP) is 0.482. The maximum absolute atomic E-state index is 11.7. The fraction of sp³-hybridized carbons (Fsp3) is 0.222. The summed E-state index contributed by atoms with van der Waals surface area (Å²) in [6, 6.07) is 5.66. The van der Waals surface area contributed by atoms with Crippen molar-refractivity contribution < 1.29 is 13.5 Å².